The standard InChI is InChI=1S/C87H146O17P2/c1-5-9-13-17-21-25-29-33-37-39-40-42-45-48-52-56-60-64-68-72-85(90)98-78-83(104-87(92)74-70-66-62-58-54-50-46-41-38-34-30-26-22-18-14-10-6-2)80-102-106(95,96)100-76-81(88)75-99-105(93,94)101-79-82(103-86(91)73-69-65-61-57-53-49-44-36-32-28-24-20-16-12-8-4)77-97-84(89)71-67-63-59-55-51-47-43-35-31-27-23-19-15-11-7-3/h10,14,21-28,33-38,40,42-44,46,50,58,62,81-83,88H,5-9,11-13,15-20,29-32,39,41,45,47-49,51-57,59-61,63-80H2,1-4H3,(H,93,94)(H,95,96)/b14-10-,25-21-,26-22-,27-23-,28-24-,37-33-,38-34-,42-40-,43-35-,44-36-,50-46-,62-58-. The maximum absolute atomic E-state index is 13.1. The number of aliphatic hydroxyl groups is 1. The van der Waals surface area contributed by atoms with Gasteiger partial charge in [-0.05, 0) is 167 Å². The average Bonchev–Trinajstić information content (AvgIpc) is 0.907. The third-order valence-electron chi connectivity index (χ3n) is 16.8. The highest BCUT2D eigenvalue weighted by Gasteiger charge is 2.30. The van der Waals surface area contributed by atoms with Crippen LogP contribution in [0.3, 0.4) is 0 Å². The molecule has 0 saturated carbocycles. The van der Waals surface area contributed by atoms with Crippen molar-refractivity contribution in [3.63, 3.8) is 0 Å². The molecule has 106 heavy (non-hydrogen) atoms. The molecule has 0 aliphatic rings. The molecule has 0 aromatic carbocycles. The van der Waals surface area contributed by atoms with Gasteiger partial charge in [-0.1, -0.05) is 276 Å². The number of aliphatic hydroxyl groups excluding tert-OH is 1. The van der Waals surface area contributed by atoms with Crippen molar-refractivity contribution in [3.8, 4) is 0 Å². The molecule has 17 nitrogen and oxygen atoms in total. The van der Waals surface area contributed by atoms with Gasteiger partial charge in [-0.3, -0.25) is 37.3 Å². The highest BCUT2D eigenvalue weighted by atomic mass is 31.2. The predicted molar refractivity (Wildman–Crippen MR) is 436 cm³/mol. The predicted octanol–water partition coefficient (Wildman–Crippen LogP) is 24.2. The van der Waals surface area contributed by atoms with Crippen molar-refractivity contribution in [3.05, 3.63) is 146 Å². The van der Waals surface area contributed by atoms with Gasteiger partial charge in [0, 0.05) is 25.7 Å². The summed E-state index contributed by atoms with van der Waals surface area (Å²) in [5.74, 6) is -2.29. The van der Waals surface area contributed by atoms with Gasteiger partial charge >= 0.3 is 39.5 Å². The van der Waals surface area contributed by atoms with Crippen LogP contribution in [0.5, 0.6) is 0 Å². The Morgan fingerprint density at radius 1 is 0.274 bits per heavy atom. The van der Waals surface area contributed by atoms with Crippen molar-refractivity contribution in [2.24, 2.45) is 0 Å². The quantitative estimate of drug-likeness (QED) is 0.0169. The summed E-state index contributed by atoms with van der Waals surface area (Å²) >= 11 is 0. The Kier molecular flexibility index (Phi) is 74.3. The van der Waals surface area contributed by atoms with E-state index in [0.717, 1.165) is 180 Å². The number of hydrogen-bond acceptors (Lipinski definition) is 15. The number of phosphoric acid groups is 2. The molecule has 5 unspecified atom stereocenters. The fraction of sp³-hybridized carbons (Fsp3) is 0.678. The minimum atomic E-state index is -5.00. The van der Waals surface area contributed by atoms with Gasteiger partial charge < -0.3 is 33.8 Å². The van der Waals surface area contributed by atoms with Crippen molar-refractivity contribution in [2.45, 2.75) is 341 Å². The molecule has 0 aromatic rings. The van der Waals surface area contributed by atoms with Gasteiger partial charge in [0.05, 0.1) is 26.4 Å². The Morgan fingerprint density at radius 3 is 0.792 bits per heavy atom. The first-order valence-electron chi connectivity index (χ1n) is 41.1. The maximum atomic E-state index is 13.1. The Labute approximate surface area is 643 Å². The largest absolute Gasteiger partial charge is 0.472 e. The Balaban J connectivity index is 5.46. The normalized spacial score (nSPS) is 14.6. The number of allylic oxidation sites excluding steroid dienone is 24. The molecule has 606 valence electrons. The lowest BCUT2D eigenvalue weighted by Gasteiger charge is -2.21. The molecule has 0 aromatic heterocycles. The molecule has 5 atom stereocenters. The third kappa shape index (κ3) is 77.1. The zero-order valence-corrected chi connectivity index (χ0v) is 68.1. The first-order valence-corrected chi connectivity index (χ1v) is 44.1. The van der Waals surface area contributed by atoms with Crippen LogP contribution in [-0.4, -0.2) is 96.7 Å². The summed E-state index contributed by atoms with van der Waals surface area (Å²) in [7, 11) is -10.00. The van der Waals surface area contributed by atoms with E-state index in [9.17, 15) is 43.2 Å². The number of unbranched alkanes of at least 4 members (excludes halogenated alkanes) is 26. The topological polar surface area (TPSA) is 237 Å². The number of esters is 4. The van der Waals surface area contributed by atoms with Crippen LogP contribution in [-0.2, 0) is 65.4 Å². The van der Waals surface area contributed by atoms with Crippen LogP contribution in [0.25, 0.3) is 0 Å². The Bertz CT molecular complexity index is 2580. The SMILES string of the molecule is CC/C=C\C/C=C\C/C=C\C/C=C\C/C=C\CCCC(=O)OC(COC(=O)CCCCCCCC/C=C\C/C=C\C/C=C\CCCCC)COP(=O)(O)OCC(O)COP(=O)(O)OCC(COC(=O)CCCCCCC/C=C\C/C=C\CCCCC)OC(=O)CCCCCCC/C=C\C/C=C\CCCCC. The van der Waals surface area contributed by atoms with E-state index in [0.29, 0.717) is 32.1 Å². The Hall–Kier alpha value is -5.06. The van der Waals surface area contributed by atoms with Crippen LogP contribution in [0.2, 0.25) is 0 Å². The summed E-state index contributed by atoms with van der Waals surface area (Å²) in [4.78, 5) is 73.1. The van der Waals surface area contributed by atoms with E-state index in [4.69, 9.17) is 37.0 Å². The molecular formula is C87H146O17P2. The van der Waals surface area contributed by atoms with Crippen molar-refractivity contribution in [1.29, 1.82) is 0 Å². The van der Waals surface area contributed by atoms with Gasteiger partial charge in [0.2, 0.25) is 0 Å². The van der Waals surface area contributed by atoms with Crippen LogP contribution >= 0.6 is 15.6 Å². The molecule has 19 heteroatoms. The zero-order chi connectivity index (χ0) is 77.4. The lowest BCUT2D eigenvalue weighted by Crippen LogP contribution is -2.30. The van der Waals surface area contributed by atoms with Crippen molar-refractivity contribution >= 4 is 39.5 Å². The van der Waals surface area contributed by atoms with Crippen molar-refractivity contribution < 1.29 is 80.2 Å². The monoisotopic (exact) mass is 1530 g/mol. The minimum absolute atomic E-state index is 0.00903. The molecule has 0 aliphatic heterocycles. The highest BCUT2D eigenvalue weighted by molar-refractivity contribution is 7.47. The van der Waals surface area contributed by atoms with Gasteiger partial charge in [0.25, 0.3) is 0 Å². The summed E-state index contributed by atoms with van der Waals surface area (Å²) in [6.45, 7) is 4.58. The first-order chi connectivity index (χ1) is 51.7. The van der Waals surface area contributed by atoms with Crippen LogP contribution in [0.4, 0.5) is 0 Å². The van der Waals surface area contributed by atoms with Crippen LogP contribution in [0, 0.1) is 0 Å². The highest BCUT2D eigenvalue weighted by Crippen LogP contribution is 2.45. The lowest BCUT2D eigenvalue weighted by molar-refractivity contribution is -0.161. The zero-order valence-electron chi connectivity index (χ0n) is 66.3. The average molecular weight is 1530 g/mol. The number of carbonyl (C=O) groups excluding carboxylic acids is 4. The number of rotatable bonds is 76. The summed E-state index contributed by atoms with van der Waals surface area (Å²) in [6.07, 6.45) is 89.6. The first kappa shape index (κ1) is 101. The number of phosphoric ester groups is 2. The maximum Gasteiger partial charge on any atom is 0.472 e. The number of ether oxygens (including phenoxy) is 4. The van der Waals surface area contributed by atoms with E-state index in [2.05, 4.69) is 161 Å². The molecule has 0 aliphatic carbocycles. The van der Waals surface area contributed by atoms with Crippen molar-refractivity contribution in [1.82, 2.24) is 0 Å². The Morgan fingerprint density at radius 2 is 0.500 bits per heavy atom. The second kappa shape index (κ2) is 78.1. The second-order valence-electron chi connectivity index (χ2n) is 27.0. The molecule has 0 rings (SSSR count). The fourth-order valence-corrected chi connectivity index (χ4v) is 12.1. The number of carbonyl (C=O) groups is 4. The third-order valence-corrected chi connectivity index (χ3v) is 18.7. The van der Waals surface area contributed by atoms with Crippen molar-refractivity contribution in [2.75, 3.05) is 39.6 Å². The molecule has 0 amide bonds. The molecular weight excluding hydrogens is 1380 g/mol. The van der Waals surface area contributed by atoms with E-state index in [1.54, 1.807) is 0 Å². The molecule has 3 N–H and O–H groups in total. The summed E-state index contributed by atoms with van der Waals surface area (Å²) in [5, 5.41) is 10.7. The molecule has 0 fully saturated rings. The van der Waals surface area contributed by atoms with Gasteiger partial charge in [-0.15, -0.1) is 0 Å². The molecule has 0 heterocycles. The van der Waals surface area contributed by atoms with Crippen LogP contribution in [0.15, 0.2) is 146 Å². The summed E-state index contributed by atoms with van der Waals surface area (Å²) in [6, 6.07) is 0. The van der Waals surface area contributed by atoms with Gasteiger partial charge in [-0.2, -0.15) is 0 Å². The van der Waals surface area contributed by atoms with Crippen LogP contribution in [0.1, 0.15) is 323 Å². The van der Waals surface area contributed by atoms with Gasteiger partial charge in [0.15, 0.2) is 12.2 Å². The van der Waals surface area contributed by atoms with E-state index in [-0.39, 0.29) is 25.7 Å². The molecule has 0 bridgehead atoms. The summed E-state index contributed by atoms with van der Waals surface area (Å²) < 4.78 is 68.6. The number of hydrogen-bond donors (Lipinski definition) is 3. The van der Waals surface area contributed by atoms with Gasteiger partial charge in [-0.25, -0.2) is 9.13 Å². The lowest BCUT2D eigenvalue weighted by atomic mass is 10.1. The smallest absolute Gasteiger partial charge is 0.462 e. The van der Waals surface area contributed by atoms with Crippen LogP contribution < -0.4 is 0 Å². The molecule has 0 spiro atoms. The molecule has 0 radical (unpaired) electrons. The second-order valence-corrected chi connectivity index (χ2v) is 29.9. The minimum Gasteiger partial charge on any atom is -0.462 e. The van der Waals surface area contributed by atoms with Gasteiger partial charge in [0.1, 0.15) is 19.3 Å². The van der Waals surface area contributed by atoms with E-state index >= 15 is 0 Å². The van der Waals surface area contributed by atoms with E-state index in [1.165, 1.54) is 57.8 Å². The van der Waals surface area contributed by atoms with E-state index < -0.39 is 97.5 Å². The van der Waals surface area contributed by atoms with E-state index in [1.807, 2.05) is 12.2 Å². The summed E-state index contributed by atoms with van der Waals surface area (Å²) in [5.41, 5.74) is 0. The molecule has 0 saturated heterocycles. The fourth-order valence-electron chi connectivity index (χ4n) is 10.5.